The zero-order chi connectivity index (χ0) is 13.9. The third-order valence-electron chi connectivity index (χ3n) is 4.01. The van der Waals surface area contributed by atoms with Gasteiger partial charge in [-0.3, -0.25) is 0 Å². The Balaban J connectivity index is 2.23. The summed E-state index contributed by atoms with van der Waals surface area (Å²) in [6, 6.07) is 6.29. The highest BCUT2D eigenvalue weighted by Crippen LogP contribution is 2.41. The zero-order valence-corrected chi connectivity index (χ0v) is 12.9. The van der Waals surface area contributed by atoms with Crippen LogP contribution in [0.1, 0.15) is 58.1 Å². The molecule has 0 saturated carbocycles. The van der Waals surface area contributed by atoms with Crippen LogP contribution in [0.15, 0.2) is 18.2 Å². The van der Waals surface area contributed by atoms with Crippen LogP contribution in [-0.2, 0) is 0 Å². The van der Waals surface area contributed by atoms with Crippen LogP contribution in [0.25, 0.3) is 0 Å². The molecule has 1 N–H and O–H groups in total. The molecule has 1 heterocycles. The van der Waals surface area contributed by atoms with Crippen molar-refractivity contribution in [2.75, 3.05) is 6.54 Å². The lowest BCUT2D eigenvalue weighted by molar-refractivity contribution is 0.0442. The van der Waals surface area contributed by atoms with E-state index in [0.29, 0.717) is 6.04 Å². The lowest BCUT2D eigenvalue weighted by atomic mass is 9.86. The van der Waals surface area contributed by atoms with Crippen LogP contribution in [0.3, 0.4) is 0 Å². The molecule has 2 atom stereocenters. The highest BCUT2D eigenvalue weighted by molar-refractivity contribution is 6.30. The fraction of sp³-hybridized carbons (Fsp3) is 0.625. The summed E-state index contributed by atoms with van der Waals surface area (Å²) in [6.45, 7) is 7.64. The van der Waals surface area contributed by atoms with Crippen molar-refractivity contribution in [3.05, 3.63) is 28.8 Å². The molecule has 0 aromatic heterocycles. The van der Waals surface area contributed by atoms with E-state index in [-0.39, 0.29) is 5.60 Å². The van der Waals surface area contributed by atoms with Crippen LogP contribution in [0.5, 0.6) is 5.75 Å². The van der Waals surface area contributed by atoms with Gasteiger partial charge in [0.2, 0.25) is 0 Å². The van der Waals surface area contributed by atoms with Crippen LogP contribution in [-0.4, -0.2) is 12.1 Å². The maximum Gasteiger partial charge on any atom is 0.125 e. The van der Waals surface area contributed by atoms with Gasteiger partial charge in [0.05, 0.1) is 0 Å². The van der Waals surface area contributed by atoms with E-state index in [9.17, 15) is 0 Å². The van der Waals surface area contributed by atoms with E-state index < -0.39 is 0 Å². The Bertz CT molecular complexity index is 435. The number of nitrogens with one attached hydrogen (secondary N) is 1. The summed E-state index contributed by atoms with van der Waals surface area (Å²) in [6.07, 6.45) is 4.43. The third kappa shape index (κ3) is 3.43. The van der Waals surface area contributed by atoms with Crippen LogP contribution >= 0.6 is 11.6 Å². The van der Waals surface area contributed by atoms with E-state index in [4.69, 9.17) is 16.3 Å². The second kappa shape index (κ2) is 6.15. The average Bonchev–Trinajstić information content (AvgIpc) is 2.40. The number of hydrogen-bond acceptors (Lipinski definition) is 2. The van der Waals surface area contributed by atoms with Gasteiger partial charge in [0, 0.05) is 23.0 Å². The van der Waals surface area contributed by atoms with Crippen LogP contribution in [0.4, 0.5) is 0 Å². The normalized spacial score (nSPS) is 25.8. The Morgan fingerprint density at radius 2 is 2.21 bits per heavy atom. The van der Waals surface area contributed by atoms with Gasteiger partial charge in [-0.25, -0.2) is 0 Å². The molecule has 1 aliphatic rings. The number of benzene rings is 1. The fourth-order valence-electron chi connectivity index (χ4n) is 2.59. The lowest BCUT2D eigenvalue weighted by Gasteiger charge is -2.40. The van der Waals surface area contributed by atoms with Crippen molar-refractivity contribution in [3.8, 4) is 5.75 Å². The minimum absolute atomic E-state index is 0.0787. The standard InChI is InChI=1S/C16H24ClNO/c1-4-6-9-18-14-11-16(3,5-2)19-15-8-7-12(17)10-13(14)15/h7-8,10,14,18H,4-6,9,11H2,1-3H3. The zero-order valence-electron chi connectivity index (χ0n) is 12.1. The summed E-state index contributed by atoms with van der Waals surface area (Å²) in [5.74, 6) is 0.981. The van der Waals surface area contributed by atoms with E-state index in [0.717, 1.165) is 30.2 Å². The molecule has 1 aromatic rings. The Hall–Kier alpha value is -0.730. The van der Waals surface area contributed by atoms with Gasteiger partial charge in [0.15, 0.2) is 0 Å². The molecule has 0 spiro atoms. The van der Waals surface area contributed by atoms with Crippen molar-refractivity contribution >= 4 is 11.6 Å². The first-order valence-electron chi connectivity index (χ1n) is 7.30. The molecular weight excluding hydrogens is 258 g/mol. The maximum absolute atomic E-state index is 6.16. The molecule has 0 aliphatic carbocycles. The van der Waals surface area contributed by atoms with Crippen molar-refractivity contribution in [3.63, 3.8) is 0 Å². The summed E-state index contributed by atoms with van der Waals surface area (Å²) in [7, 11) is 0. The number of ether oxygens (including phenoxy) is 1. The molecule has 0 bridgehead atoms. The predicted octanol–water partition coefficient (Wildman–Crippen LogP) is 4.72. The highest BCUT2D eigenvalue weighted by atomic mass is 35.5. The lowest BCUT2D eigenvalue weighted by Crippen LogP contribution is -2.41. The highest BCUT2D eigenvalue weighted by Gasteiger charge is 2.35. The summed E-state index contributed by atoms with van der Waals surface area (Å²) in [5.41, 5.74) is 1.12. The van der Waals surface area contributed by atoms with E-state index >= 15 is 0 Å². The van der Waals surface area contributed by atoms with Gasteiger partial charge in [-0.2, -0.15) is 0 Å². The van der Waals surface area contributed by atoms with E-state index in [1.807, 2.05) is 18.2 Å². The molecule has 2 unspecified atom stereocenters. The molecule has 19 heavy (non-hydrogen) atoms. The topological polar surface area (TPSA) is 21.3 Å². The second-order valence-electron chi connectivity index (χ2n) is 5.65. The van der Waals surface area contributed by atoms with Gasteiger partial charge < -0.3 is 10.1 Å². The molecule has 1 aromatic carbocycles. The quantitative estimate of drug-likeness (QED) is 0.789. The Kier molecular flexibility index (Phi) is 4.75. The molecule has 0 radical (unpaired) electrons. The minimum Gasteiger partial charge on any atom is -0.487 e. The maximum atomic E-state index is 6.16. The van der Waals surface area contributed by atoms with Crippen molar-refractivity contribution in [2.45, 2.75) is 58.1 Å². The number of unbranched alkanes of at least 4 members (excludes halogenated alkanes) is 1. The summed E-state index contributed by atoms with van der Waals surface area (Å²) >= 11 is 6.12. The van der Waals surface area contributed by atoms with Gasteiger partial charge in [0.25, 0.3) is 0 Å². The largest absolute Gasteiger partial charge is 0.487 e. The van der Waals surface area contributed by atoms with E-state index in [1.165, 1.54) is 18.4 Å². The summed E-state index contributed by atoms with van der Waals surface area (Å²) < 4.78 is 6.16. The van der Waals surface area contributed by atoms with Crippen LogP contribution in [0.2, 0.25) is 5.02 Å². The molecule has 0 fully saturated rings. The molecule has 1 aliphatic heterocycles. The van der Waals surface area contributed by atoms with Crippen molar-refractivity contribution < 1.29 is 4.74 Å². The fourth-order valence-corrected chi connectivity index (χ4v) is 2.77. The molecule has 3 heteroatoms. The van der Waals surface area contributed by atoms with Gasteiger partial charge in [-0.15, -0.1) is 0 Å². The average molecular weight is 282 g/mol. The van der Waals surface area contributed by atoms with Gasteiger partial charge in [-0.05, 0) is 44.5 Å². The number of rotatable bonds is 5. The van der Waals surface area contributed by atoms with Crippen LogP contribution in [0, 0.1) is 0 Å². The number of hydrogen-bond donors (Lipinski definition) is 1. The molecule has 2 nitrogen and oxygen atoms in total. The Morgan fingerprint density at radius 3 is 2.89 bits per heavy atom. The SMILES string of the molecule is CCCCNC1CC(C)(CC)Oc2ccc(Cl)cc21. The molecule has 0 amide bonds. The van der Waals surface area contributed by atoms with Gasteiger partial charge in [-0.1, -0.05) is 31.9 Å². The van der Waals surface area contributed by atoms with E-state index in [1.54, 1.807) is 0 Å². The summed E-state index contributed by atoms with van der Waals surface area (Å²) in [5, 5.41) is 4.44. The van der Waals surface area contributed by atoms with Crippen LogP contribution < -0.4 is 10.1 Å². The summed E-state index contributed by atoms with van der Waals surface area (Å²) in [4.78, 5) is 0. The smallest absolute Gasteiger partial charge is 0.125 e. The monoisotopic (exact) mass is 281 g/mol. The first-order chi connectivity index (χ1) is 9.08. The van der Waals surface area contributed by atoms with Gasteiger partial charge >= 0.3 is 0 Å². The van der Waals surface area contributed by atoms with Crippen molar-refractivity contribution in [1.82, 2.24) is 5.32 Å². The molecule has 106 valence electrons. The second-order valence-corrected chi connectivity index (χ2v) is 6.09. The predicted molar refractivity (Wildman–Crippen MR) is 81.0 cm³/mol. The Morgan fingerprint density at radius 1 is 1.42 bits per heavy atom. The minimum atomic E-state index is -0.0787. The third-order valence-corrected chi connectivity index (χ3v) is 4.24. The van der Waals surface area contributed by atoms with Gasteiger partial charge in [0.1, 0.15) is 11.4 Å². The number of fused-ring (bicyclic) bond motifs is 1. The Labute approximate surface area is 121 Å². The van der Waals surface area contributed by atoms with E-state index in [2.05, 4.69) is 26.1 Å². The molecular formula is C16H24ClNO. The first-order valence-corrected chi connectivity index (χ1v) is 7.67. The number of halogens is 1. The first kappa shape index (κ1) is 14.7. The van der Waals surface area contributed by atoms with Crippen molar-refractivity contribution in [1.29, 1.82) is 0 Å². The van der Waals surface area contributed by atoms with Crippen molar-refractivity contribution in [2.24, 2.45) is 0 Å². The molecule has 2 rings (SSSR count). The molecule has 0 saturated heterocycles.